The second-order valence-electron chi connectivity index (χ2n) is 10.2. The summed E-state index contributed by atoms with van der Waals surface area (Å²) in [5.41, 5.74) is 4.07. The van der Waals surface area contributed by atoms with Gasteiger partial charge in [0.15, 0.2) is 0 Å². The van der Waals surface area contributed by atoms with Gasteiger partial charge in [0.2, 0.25) is 0 Å². The van der Waals surface area contributed by atoms with E-state index in [0.29, 0.717) is 37.7 Å². The molecule has 0 saturated carbocycles. The lowest BCUT2D eigenvalue weighted by Crippen LogP contribution is -2.39. The zero-order valence-corrected chi connectivity index (χ0v) is 22.3. The molecule has 202 valence electrons. The summed E-state index contributed by atoms with van der Waals surface area (Å²) in [6.45, 7) is 7.26. The van der Waals surface area contributed by atoms with Crippen molar-refractivity contribution in [2.45, 2.75) is 39.2 Å². The molecule has 0 radical (unpaired) electrons. The lowest BCUT2D eigenvalue weighted by atomic mass is 9.92. The standard InChI is InChI=1S/C19H25N3O.C11H12FNO2/c1-14-12-18(23-2)17(16-5-9-21-19(14)16)13-22-10-6-15(7-11-22)4-3-8-20;12-10-3-1-2-9(4-10)11(14)13-5-8-6-15-7-8/h5,9,12,15,21H,3-4,6-7,10-11,13H2,1-2H3;1-4,8H,5-7H2,(H,13,14). The smallest absolute Gasteiger partial charge is 0.251 e. The maximum absolute atomic E-state index is 12.8. The average Bonchev–Trinajstić information content (AvgIpc) is 3.40. The van der Waals surface area contributed by atoms with Crippen LogP contribution in [0.15, 0.2) is 42.6 Å². The minimum absolute atomic E-state index is 0.235. The van der Waals surface area contributed by atoms with Crippen LogP contribution in [-0.2, 0) is 11.3 Å². The molecule has 7 nitrogen and oxygen atoms in total. The summed E-state index contributed by atoms with van der Waals surface area (Å²) < 4.78 is 23.4. The van der Waals surface area contributed by atoms with Crippen LogP contribution in [0.3, 0.4) is 0 Å². The number of benzene rings is 2. The third kappa shape index (κ3) is 7.12. The molecule has 0 spiro atoms. The Hall–Kier alpha value is -3.41. The number of ether oxygens (including phenoxy) is 2. The number of aryl methyl sites for hydroxylation is 1. The van der Waals surface area contributed by atoms with E-state index in [9.17, 15) is 9.18 Å². The molecule has 0 aliphatic carbocycles. The Labute approximate surface area is 223 Å². The molecule has 2 aromatic carbocycles. The average molecular weight is 521 g/mol. The number of likely N-dealkylation sites (tertiary alicyclic amines) is 1. The van der Waals surface area contributed by atoms with E-state index in [-0.39, 0.29) is 5.91 Å². The summed E-state index contributed by atoms with van der Waals surface area (Å²) in [5, 5.41) is 12.7. The Bertz CT molecular complexity index is 1260. The number of halogens is 1. The minimum Gasteiger partial charge on any atom is -0.496 e. The van der Waals surface area contributed by atoms with Crippen molar-refractivity contribution in [3.05, 3.63) is 65.1 Å². The van der Waals surface area contributed by atoms with Crippen LogP contribution in [0.1, 0.15) is 47.2 Å². The Kier molecular flexibility index (Phi) is 9.74. The highest BCUT2D eigenvalue weighted by Gasteiger charge is 2.22. The van der Waals surface area contributed by atoms with Crippen LogP contribution in [-0.4, -0.2) is 55.7 Å². The van der Waals surface area contributed by atoms with Crippen molar-refractivity contribution < 1.29 is 18.7 Å². The highest BCUT2D eigenvalue weighted by Crippen LogP contribution is 2.33. The summed E-state index contributed by atoms with van der Waals surface area (Å²) in [6.07, 6.45) is 6.16. The number of fused-ring (bicyclic) bond motifs is 1. The summed E-state index contributed by atoms with van der Waals surface area (Å²) in [6, 6.07) is 12.2. The molecule has 0 atom stereocenters. The van der Waals surface area contributed by atoms with Crippen molar-refractivity contribution >= 4 is 16.8 Å². The first-order valence-electron chi connectivity index (χ1n) is 13.3. The largest absolute Gasteiger partial charge is 0.496 e. The molecule has 3 heterocycles. The van der Waals surface area contributed by atoms with Crippen molar-refractivity contribution in [3.8, 4) is 11.8 Å². The molecule has 2 aliphatic rings. The monoisotopic (exact) mass is 520 g/mol. The van der Waals surface area contributed by atoms with Gasteiger partial charge in [0.05, 0.1) is 26.4 Å². The maximum atomic E-state index is 12.8. The molecule has 2 fully saturated rings. The first-order valence-corrected chi connectivity index (χ1v) is 13.3. The molecule has 2 aliphatic heterocycles. The van der Waals surface area contributed by atoms with Crippen LogP contribution in [0, 0.1) is 35.9 Å². The molecule has 1 amide bonds. The van der Waals surface area contributed by atoms with E-state index in [1.807, 2.05) is 6.20 Å². The Balaban J connectivity index is 0.000000194. The highest BCUT2D eigenvalue weighted by atomic mass is 19.1. The third-order valence-corrected chi connectivity index (χ3v) is 7.43. The minimum atomic E-state index is -0.394. The topological polar surface area (TPSA) is 90.4 Å². The first kappa shape index (κ1) is 27.6. The van der Waals surface area contributed by atoms with E-state index in [1.54, 1.807) is 13.2 Å². The van der Waals surface area contributed by atoms with Crippen molar-refractivity contribution in [2.75, 3.05) is 40.0 Å². The number of aromatic nitrogens is 1. The molecule has 0 bridgehead atoms. The Morgan fingerprint density at radius 3 is 2.68 bits per heavy atom. The van der Waals surface area contributed by atoms with Crippen molar-refractivity contribution in [3.63, 3.8) is 0 Å². The fourth-order valence-electron chi connectivity index (χ4n) is 5.08. The quantitative estimate of drug-likeness (QED) is 0.426. The highest BCUT2D eigenvalue weighted by molar-refractivity contribution is 5.94. The molecule has 38 heavy (non-hydrogen) atoms. The van der Waals surface area contributed by atoms with Gasteiger partial charge < -0.3 is 19.8 Å². The number of rotatable bonds is 8. The van der Waals surface area contributed by atoms with Crippen molar-refractivity contribution in [1.82, 2.24) is 15.2 Å². The van der Waals surface area contributed by atoms with Crippen LogP contribution in [0.25, 0.3) is 10.9 Å². The number of amides is 1. The summed E-state index contributed by atoms with van der Waals surface area (Å²) in [5.74, 6) is 1.48. The SMILES string of the molecule is COc1cc(C)c2[nH]ccc2c1CN1CCC(CCC#N)CC1.O=C(NCC1COC1)c1cccc(F)c1. The zero-order valence-electron chi connectivity index (χ0n) is 22.3. The fourth-order valence-corrected chi connectivity index (χ4v) is 5.08. The second kappa shape index (κ2) is 13.4. The number of H-pyrrole nitrogens is 1. The number of carbonyl (C=O) groups is 1. The van der Waals surface area contributed by atoms with E-state index in [4.69, 9.17) is 14.7 Å². The van der Waals surface area contributed by atoms with Crippen LogP contribution in [0.5, 0.6) is 5.75 Å². The summed E-state index contributed by atoms with van der Waals surface area (Å²) >= 11 is 0. The van der Waals surface area contributed by atoms with E-state index in [1.165, 1.54) is 53.1 Å². The maximum Gasteiger partial charge on any atom is 0.251 e. The number of nitriles is 1. The molecule has 5 rings (SSSR count). The number of hydrogen-bond acceptors (Lipinski definition) is 5. The van der Waals surface area contributed by atoms with E-state index < -0.39 is 5.82 Å². The van der Waals surface area contributed by atoms with Gasteiger partial charge in [0, 0.05) is 53.7 Å². The molecule has 3 aromatic rings. The van der Waals surface area contributed by atoms with Gasteiger partial charge in [-0.1, -0.05) is 6.07 Å². The van der Waals surface area contributed by atoms with Crippen molar-refractivity contribution in [1.29, 1.82) is 5.26 Å². The molecule has 2 saturated heterocycles. The summed E-state index contributed by atoms with van der Waals surface area (Å²) in [4.78, 5) is 17.4. The van der Waals surface area contributed by atoms with Gasteiger partial charge in [0.1, 0.15) is 11.6 Å². The lowest BCUT2D eigenvalue weighted by molar-refractivity contribution is -0.0298. The van der Waals surface area contributed by atoms with Gasteiger partial charge in [-0.05, 0) is 81.1 Å². The molecular weight excluding hydrogens is 483 g/mol. The molecular formula is C30H37FN4O3. The predicted molar refractivity (Wildman–Crippen MR) is 145 cm³/mol. The van der Waals surface area contributed by atoms with E-state index in [2.05, 4.69) is 40.3 Å². The van der Waals surface area contributed by atoms with Crippen LogP contribution in [0.4, 0.5) is 4.39 Å². The van der Waals surface area contributed by atoms with E-state index >= 15 is 0 Å². The van der Waals surface area contributed by atoms with Gasteiger partial charge >= 0.3 is 0 Å². The van der Waals surface area contributed by atoms with Crippen LogP contribution in [0.2, 0.25) is 0 Å². The van der Waals surface area contributed by atoms with Gasteiger partial charge in [0.25, 0.3) is 5.91 Å². The number of piperidine rings is 1. The number of hydrogen-bond donors (Lipinski definition) is 2. The second-order valence-corrected chi connectivity index (χ2v) is 10.2. The van der Waals surface area contributed by atoms with E-state index in [0.717, 1.165) is 37.7 Å². The predicted octanol–water partition coefficient (Wildman–Crippen LogP) is 5.20. The van der Waals surface area contributed by atoms with Gasteiger partial charge in [-0.2, -0.15) is 5.26 Å². The third-order valence-electron chi connectivity index (χ3n) is 7.43. The Morgan fingerprint density at radius 1 is 1.24 bits per heavy atom. The first-order chi connectivity index (χ1) is 18.5. The van der Waals surface area contributed by atoms with Crippen LogP contribution >= 0.6 is 0 Å². The number of carbonyl (C=O) groups excluding carboxylic acids is 1. The Morgan fingerprint density at radius 2 is 2.03 bits per heavy atom. The number of aromatic amines is 1. The fraction of sp³-hybridized carbons (Fsp3) is 0.467. The summed E-state index contributed by atoms with van der Waals surface area (Å²) in [7, 11) is 1.75. The molecule has 2 N–H and O–H groups in total. The lowest BCUT2D eigenvalue weighted by Gasteiger charge is -2.32. The zero-order chi connectivity index (χ0) is 26.9. The normalized spacial score (nSPS) is 16.3. The number of nitrogens with zero attached hydrogens (tertiary/aromatic N) is 2. The van der Waals surface area contributed by atoms with Crippen molar-refractivity contribution in [2.24, 2.45) is 11.8 Å². The molecule has 0 unspecified atom stereocenters. The van der Waals surface area contributed by atoms with Gasteiger partial charge in [-0.15, -0.1) is 0 Å². The molecule has 1 aromatic heterocycles. The van der Waals surface area contributed by atoms with Gasteiger partial charge in [-0.25, -0.2) is 4.39 Å². The number of methoxy groups -OCH3 is 1. The molecule has 8 heteroatoms. The number of nitrogens with one attached hydrogen (secondary N) is 2. The van der Waals surface area contributed by atoms with Gasteiger partial charge in [-0.3, -0.25) is 9.69 Å². The van der Waals surface area contributed by atoms with Crippen LogP contribution < -0.4 is 10.1 Å².